The Labute approximate surface area is 184 Å². The number of aromatic nitrogens is 2. The number of anilines is 1. The van der Waals surface area contributed by atoms with Crippen LogP contribution < -0.4 is 10.2 Å². The number of rotatable bonds is 3. The van der Waals surface area contributed by atoms with Crippen molar-refractivity contribution >= 4 is 16.7 Å². The van der Waals surface area contributed by atoms with Gasteiger partial charge in [0, 0.05) is 38.6 Å². The van der Waals surface area contributed by atoms with Gasteiger partial charge in [-0.1, -0.05) is 0 Å². The Morgan fingerprint density at radius 2 is 1.87 bits per heavy atom. The Kier molecular flexibility index (Phi) is 4.66. The number of likely N-dealkylation sites (tertiary alicyclic amines) is 1. The van der Waals surface area contributed by atoms with Gasteiger partial charge in [-0.05, 0) is 87.0 Å². The second kappa shape index (κ2) is 7.43. The number of hydrogen-bond acceptors (Lipinski definition) is 6. The Hall–Kier alpha value is -2.23. The van der Waals surface area contributed by atoms with Crippen molar-refractivity contribution < 1.29 is 0 Å². The van der Waals surface area contributed by atoms with Crippen LogP contribution in [0.2, 0.25) is 0 Å². The third-order valence-electron chi connectivity index (χ3n) is 8.73. The average molecular weight is 417 g/mol. The van der Waals surface area contributed by atoms with Gasteiger partial charge in [-0.3, -0.25) is 9.97 Å². The van der Waals surface area contributed by atoms with Gasteiger partial charge in [-0.25, -0.2) is 0 Å². The number of nitrogens with zero attached hydrogens (tertiary/aromatic N) is 5. The zero-order valence-corrected chi connectivity index (χ0v) is 18.3. The van der Waals surface area contributed by atoms with Crippen LogP contribution in [0.25, 0.3) is 11.0 Å². The van der Waals surface area contributed by atoms with Crippen LogP contribution in [0.15, 0.2) is 24.5 Å². The summed E-state index contributed by atoms with van der Waals surface area (Å²) >= 11 is 0. The standard InChI is InChI=1S/C25H32N6/c26-14-19-2-3-21(23-22(19)28-10-11-29-23)31-16-20(25(18-31)5-6-25)15-30-12-7-24(8-13-30)4-1-9-27-17-24/h2-3,10-11,20,27H,1,4-9,12-13,15-18H2. The number of hydrogen-bond donors (Lipinski definition) is 1. The summed E-state index contributed by atoms with van der Waals surface area (Å²) in [4.78, 5) is 14.4. The Bertz CT molecular complexity index is 1010. The molecule has 1 N–H and O–H groups in total. The minimum Gasteiger partial charge on any atom is -0.369 e. The van der Waals surface area contributed by atoms with E-state index in [-0.39, 0.29) is 0 Å². The third-order valence-corrected chi connectivity index (χ3v) is 8.73. The first-order valence-corrected chi connectivity index (χ1v) is 12.0. The van der Waals surface area contributed by atoms with Gasteiger partial charge >= 0.3 is 0 Å². The molecule has 2 spiro atoms. The molecule has 0 radical (unpaired) electrons. The summed E-state index contributed by atoms with van der Waals surface area (Å²) < 4.78 is 0. The number of piperidine rings is 2. The summed E-state index contributed by atoms with van der Waals surface area (Å²) in [6.07, 6.45) is 11.6. The lowest BCUT2D eigenvalue weighted by Gasteiger charge is -2.45. The highest BCUT2D eigenvalue weighted by molar-refractivity contribution is 5.92. The predicted molar refractivity (Wildman–Crippen MR) is 122 cm³/mol. The van der Waals surface area contributed by atoms with Crippen LogP contribution in [0.3, 0.4) is 0 Å². The number of fused-ring (bicyclic) bond motifs is 1. The second-order valence-corrected chi connectivity index (χ2v) is 10.5. The molecular weight excluding hydrogens is 384 g/mol. The van der Waals surface area contributed by atoms with E-state index in [1.165, 1.54) is 71.2 Å². The van der Waals surface area contributed by atoms with Crippen molar-refractivity contribution in [3.8, 4) is 6.07 Å². The van der Waals surface area contributed by atoms with Crippen molar-refractivity contribution in [2.75, 3.05) is 50.7 Å². The van der Waals surface area contributed by atoms with Crippen LogP contribution in [0.4, 0.5) is 5.69 Å². The molecule has 4 heterocycles. The Morgan fingerprint density at radius 1 is 1.06 bits per heavy atom. The fraction of sp³-hybridized carbons (Fsp3) is 0.640. The second-order valence-electron chi connectivity index (χ2n) is 10.5. The molecule has 0 bridgehead atoms. The first kappa shape index (κ1) is 19.5. The van der Waals surface area contributed by atoms with Crippen LogP contribution in [0.5, 0.6) is 0 Å². The summed E-state index contributed by atoms with van der Waals surface area (Å²) in [6, 6.07) is 6.28. The molecule has 6 rings (SSSR count). The smallest absolute Gasteiger partial charge is 0.113 e. The van der Waals surface area contributed by atoms with Crippen LogP contribution >= 0.6 is 0 Å². The molecule has 1 aromatic heterocycles. The molecule has 31 heavy (non-hydrogen) atoms. The summed E-state index contributed by atoms with van der Waals surface area (Å²) in [7, 11) is 0. The summed E-state index contributed by atoms with van der Waals surface area (Å²) in [5, 5.41) is 13.1. The normalized spacial score (nSPS) is 27.1. The maximum atomic E-state index is 9.46. The van der Waals surface area contributed by atoms with Gasteiger partial charge in [-0.2, -0.15) is 5.26 Å². The van der Waals surface area contributed by atoms with Crippen LogP contribution in [-0.2, 0) is 0 Å². The van der Waals surface area contributed by atoms with Crippen molar-refractivity contribution in [3.05, 3.63) is 30.1 Å². The van der Waals surface area contributed by atoms with Gasteiger partial charge in [0.25, 0.3) is 0 Å². The zero-order valence-electron chi connectivity index (χ0n) is 18.3. The van der Waals surface area contributed by atoms with Gasteiger partial charge < -0.3 is 15.1 Å². The summed E-state index contributed by atoms with van der Waals surface area (Å²) in [6.45, 7) is 8.42. The lowest BCUT2D eigenvalue weighted by Crippen LogP contribution is -2.49. The topological polar surface area (TPSA) is 68.1 Å². The van der Waals surface area contributed by atoms with Crippen LogP contribution in [0.1, 0.15) is 44.1 Å². The summed E-state index contributed by atoms with van der Waals surface area (Å²) in [5.74, 6) is 0.730. The molecule has 0 amide bonds. The van der Waals surface area contributed by atoms with E-state index in [1.807, 2.05) is 6.07 Å². The van der Waals surface area contributed by atoms with Gasteiger partial charge in [0.05, 0.1) is 11.3 Å². The van der Waals surface area contributed by atoms with E-state index in [4.69, 9.17) is 0 Å². The first-order valence-electron chi connectivity index (χ1n) is 12.0. The van der Waals surface area contributed by atoms with Crippen molar-refractivity contribution in [1.82, 2.24) is 20.2 Å². The Morgan fingerprint density at radius 3 is 2.58 bits per heavy atom. The fourth-order valence-corrected chi connectivity index (χ4v) is 6.56. The fourth-order valence-electron chi connectivity index (χ4n) is 6.56. The number of benzene rings is 1. The van der Waals surface area contributed by atoms with Crippen molar-refractivity contribution in [2.45, 2.75) is 38.5 Å². The van der Waals surface area contributed by atoms with Crippen molar-refractivity contribution in [2.24, 2.45) is 16.7 Å². The highest BCUT2D eigenvalue weighted by Gasteiger charge is 2.55. The van der Waals surface area contributed by atoms with E-state index in [1.54, 1.807) is 12.4 Å². The van der Waals surface area contributed by atoms with E-state index in [9.17, 15) is 5.26 Å². The zero-order chi connectivity index (χ0) is 20.9. The van der Waals surface area contributed by atoms with E-state index in [0.29, 0.717) is 16.4 Å². The minimum absolute atomic E-state index is 0.490. The van der Waals surface area contributed by atoms with Crippen LogP contribution in [-0.4, -0.2) is 60.7 Å². The maximum absolute atomic E-state index is 9.46. The molecule has 1 atom stereocenters. The van der Waals surface area contributed by atoms with E-state index in [2.05, 4.69) is 37.2 Å². The lowest BCUT2D eigenvalue weighted by molar-refractivity contribution is 0.0662. The molecule has 4 fully saturated rings. The molecule has 3 aliphatic heterocycles. The van der Waals surface area contributed by atoms with Gasteiger partial charge in [0.2, 0.25) is 0 Å². The molecular formula is C25H32N6. The third kappa shape index (κ3) is 3.39. The molecule has 162 valence electrons. The predicted octanol–water partition coefficient (Wildman–Crippen LogP) is 3.18. The molecule has 1 aromatic carbocycles. The number of nitrogens with one attached hydrogen (secondary N) is 1. The molecule has 1 aliphatic carbocycles. The average Bonchev–Trinajstić information content (AvgIpc) is 3.51. The molecule has 3 saturated heterocycles. The molecule has 6 nitrogen and oxygen atoms in total. The summed E-state index contributed by atoms with van der Waals surface area (Å²) in [5.41, 5.74) is 4.45. The van der Waals surface area contributed by atoms with Crippen LogP contribution in [0, 0.1) is 28.1 Å². The van der Waals surface area contributed by atoms with E-state index >= 15 is 0 Å². The van der Waals surface area contributed by atoms with Gasteiger partial charge in [0.1, 0.15) is 17.1 Å². The van der Waals surface area contributed by atoms with Crippen molar-refractivity contribution in [1.29, 1.82) is 5.26 Å². The SMILES string of the molecule is N#Cc1ccc(N2CC(CN3CCC4(CCCNC4)CC3)C3(CC3)C2)c2nccnc12. The quantitative estimate of drug-likeness (QED) is 0.829. The van der Waals surface area contributed by atoms with E-state index in [0.717, 1.165) is 35.7 Å². The Balaban J connectivity index is 1.18. The molecule has 4 aliphatic rings. The highest BCUT2D eigenvalue weighted by Crippen LogP contribution is 2.57. The van der Waals surface area contributed by atoms with Crippen molar-refractivity contribution in [3.63, 3.8) is 0 Å². The highest BCUT2D eigenvalue weighted by atomic mass is 15.2. The molecule has 6 heteroatoms. The molecule has 1 unspecified atom stereocenters. The molecule has 2 aromatic rings. The minimum atomic E-state index is 0.490. The monoisotopic (exact) mass is 416 g/mol. The maximum Gasteiger partial charge on any atom is 0.113 e. The van der Waals surface area contributed by atoms with E-state index < -0.39 is 0 Å². The lowest BCUT2D eigenvalue weighted by atomic mass is 9.73. The first-order chi connectivity index (χ1) is 15.2. The molecule has 1 saturated carbocycles. The number of nitriles is 1. The largest absolute Gasteiger partial charge is 0.369 e. The van der Waals surface area contributed by atoms with Gasteiger partial charge in [-0.15, -0.1) is 0 Å². The van der Waals surface area contributed by atoms with Gasteiger partial charge in [0.15, 0.2) is 0 Å².